The molecule has 0 N–H and O–H groups in total. The number of hydrogen-bond acceptors (Lipinski definition) is 4. The molecule has 2 aromatic rings. The van der Waals surface area contributed by atoms with Crippen LogP contribution in [0.5, 0.6) is 0 Å². The highest BCUT2D eigenvalue weighted by molar-refractivity contribution is 14.1. The van der Waals surface area contributed by atoms with E-state index < -0.39 is 6.29 Å². The van der Waals surface area contributed by atoms with Gasteiger partial charge >= 0.3 is 0 Å². The van der Waals surface area contributed by atoms with Crippen molar-refractivity contribution in [3.05, 3.63) is 52.1 Å². The molecule has 0 bridgehead atoms. The molecule has 5 nitrogen and oxygen atoms in total. The van der Waals surface area contributed by atoms with Crippen molar-refractivity contribution in [3.8, 4) is 5.82 Å². The molecular formula is C11H7FIN3O2. The van der Waals surface area contributed by atoms with Crippen LogP contribution in [0, 0.1) is 9.52 Å². The number of nitrogens with zero attached hydrogens (tertiary/aromatic N) is 3. The van der Waals surface area contributed by atoms with Crippen molar-refractivity contribution in [3.63, 3.8) is 0 Å². The minimum atomic E-state index is -0.457. The molecule has 0 amide bonds. The molecular weight excluding hydrogens is 352 g/mol. The van der Waals surface area contributed by atoms with Gasteiger partial charge in [-0.1, -0.05) is 0 Å². The van der Waals surface area contributed by atoms with Crippen LogP contribution in [0.15, 0.2) is 37.1 Å². The third-order valence-corrected chi connectivity index (χ3v) is 3.10. The highest BCUT2D eigenvalue weighted by Crippen LogP contribution is 2.23. The number of rotatable bonds is 2. The molecule has 0 saturated carbocycles. The molecule has 0 radical (unpaired) electrons. The fraction of sp³-hybridized carbons (Fsp3) is 0.0909. The second-order valence-electron chi connectivity index (χ2n) is 3.54. The first-order valence-electron chi connectivity index (χ1n) is 5.07. The zero-order valence-corrected chi connectivity index (χ0v) is 11.1. The second kappa shape index (κ2) is 4.56. The van der Waals surface area contributed by atoms with Gasteiger partial charge in [0.15, 0.2) is 15.3 Å². The highest BCUT2D eigenvalue weighted by atomic mass is 127. The Labute approximate surface area is 115 Å². The van der Waals surface area contributed by atoms with Gasteiger partial charge in [-0.15, -0.1) is 0 Å². The molecule has 0 aromatic carbocycles. The van der Waals surface area contributed by atoms with Gasteiger partial charge in [-0.3, -0.25) is 0 Å². The van der Waals surface area contributed by atoms with Crippen molar-refractivity contribution >= 4 is 22.6 Å². The monoisotopic (exact) mass is 359 g/mol. The Morgan fingerprint density at radius 3 is 2.61 bits per heavy atom. The van der Waals surface area contributed by atoms with Crippen molar-refractivity contribution < 1.29 is 13.9 Å². The van der Waals surface area contributed by atoms with Crippen molar-refractivity contribution in [2.24, 2.45) is 0 Å². The largest absolute Gasteiger partial charge is 0.455 e. The zero-order chi connectivity index (χ0) is 12.5. The summed E-state index contributed by atoms with van der Waals surface area (Å²) in [5.41, 5.74) is 0.783. The predicted molar refractivity (Wildman–Crippen MR) is 68.1 cm³/mol. The van der Waals surface area contributed by atoms with E-state index in [-0.39, 0.29) is 5.82 Å². The first-order valence-corrected chi connectivity index (χ1v) is 6.15. The lowest BCUT2D eigenvalue weighted by atomic mass is 10.3. The third-order valence-electron chi connectivity index (χ3n) is 2.37. The number of aromatic nitrogens is 3. The lowest BCUT2D eigenvalue weighted by Gasteiger charge is -2.10. The Morgan fingerprint density at radius 2 is 2.06 bits per heavy atom. The molecule has 0 aliphatic carbocycles. The minimum Gasteiger partial charge on any atom is -0.455 e. The Bertz CT molecular complexity index is 569. The van der Waals surface area contributed by atoms with Gasteiger partial charge in [-0.05, 0) is 34.7 Å². The van der Waals surface area contributed by atoms with E-state index in [1.165, 1.54) is 23.4 Å². The van der Waals surface area contributed by atoms with Crippen molar-refractivity contribution in [2.75, 3.05) is 0 Å². The predicted octanol–water partition coefficient (Wildman–Crippen LogP) is 2.53. The zero-order valence-electron chi connectivity index (χ0n) is 8.96. The molecule has 18 heavy (non-hydrogen) atoms. The van der Waals surface area contributed by atoms with Gasteiger partial charge in [-0.25, -0.2) is 14.1 Å². The van der Waals surface area contributed by atoms with Crippen LogP contribution in [-0.2, 0) is 9.47 Å². The summed E-state index contributed by atoms with van der Waals surface area (Å²) in [5.74, 6) is 0.166. The molecule has 92 valence electrons. The van der Waals surface area contributed by atoms with Crippen LogP contribution in [0.3, 0.4) is 0 Å². The first-order chi connectivity index (χ1) is 8.74. The standard InChI is InChI=1S/C11H7FIN3O2/c12-8-6-16(15-10(8)13)9-2-1-7(5-14-9)11-17-3-4-18-11/h1-6,11H. The van der Waals surface area contributed by atoms with Crippen molar-refractivity contribution in [1.29, 1.82) is 0 Å². The van der Waals surface area contributed by atoms with E-state index in [0.717, 1.165) is 5.56 Å². The van der Waals surface area contributed by atoms with Gasteiger partial charge in [0.05, 0.1) is 11.8 Å². The summed E-state index contributed by atoms with van der Waals surface area (Å²) in [6.07, 6.45) is 5.39. The van der Waals surface area contributed by atoms with Crippen LogP contribution < -0.4 is 0 Å². The molecule has 3 heterocycles. The van der Waals surface area contributed by atoms with Gasteiger partial charge in [0, 0.05) is 6.20 Å². The van der Waals surface area contributed by atoms with Gasteiger partial charge < -0.3 is 9.47 Å². The quantitative estimate of drug-likeness (QED) is 0.774. The molecule has 0 atom stereocenters. The van der Waals surface area contributed by atoms with Crippen LogP contribution in [0.2, 0.25) is 0 Å². The van der Waals surface area contributed by atoms with Crippen LogP contribution in [0.25, 0.3) is 5.82 Å². The van der Waals surface area contributed by atoms with E-state index in [9.17, 15) is 4.39 Å². The maximum Gasteiger partial charge on any atom is 0.267 e. The third kappa shape index (κ3) is 2.05. The molecule has 7 heteroatoms. The van der Waals surface area contributed by atoms with Crippen molar-refractivity contribution in [2.45, 2.75) is 6.29 Å². The normalized spacial score (nSPS) is 14.6. The summed E-state index contributed by atoms with van der Waals surface area (Å²) in [4.78, 5) is 4.19. The first kappa shape index (κ1) is 11.5. The Kier molecular flexibility index (Phi) is 2.90. The molecule has 1 aliphatic heterocycles. The van der Waals surface area contributed by atoms with Crippen LogP contribution in [0.4, 0.5) is 4.39 Å². The average molecular weight is 359 g/mol. The average Bonchev–Trinajstić information content (AvgIpc) is 3.01. The Morgan fingerprint density at radius 1 is 1.28 bits per heavy atom. The second-order valence-corrected chi connectivity index (χ2v) is 4.56. The summed E-state index contributed by atoms with van der Waals surface area (Å²) >= 11 is 1.83. The minimum absolute atomic E-state index is 0.310. The number of hydrogen-bond donors (Lipinski definition) is 0. The lowest BCUT2D eigenvalue weighted by Crippen LogP contribution is -2.02. The van der Waals surface area contributed by atoms with Gasteiger partial charge in [0.1, 0.15) is 12.5 Å². The molecule has 0 fully saturated rings. The van der Waals surface area contributed by atoms with Gasteiger partial charge in [-0.2, -0.15) is 5.10 Å². The smallest absolute Gasteiger partial charge is 0.267 e. The van der Waals surface area contributed by atoms with Crippen LogP contribution >= 0.6 is 22.6 Å². The molecule has 3 rings (SSSR count). The highest BCUT2D eigenvalue weighted by Gasteiger charge is 2.16. The summed E-state index contributed by atoms with van der Waals surface area (Å²) in [6.45, 7) is 0. The number of ether oxygens (including phenoxy) is 2. The van der Waals surface area contributed by atoms with Gasteiger partial charge in [0.25, 0.3) is 6.29 Å². The fourth-order valence-electron chi connectivity index (χ4n) is 1.52. The van der Waals surface area contributed by atoms with E-state index in [2.05, 4.69) is 10.1 Å². The van der Waals surface area contributed by atoms with Crippen LogP contribution in [0.1, 0.15) is 11.9 Å². The van der Waals surface area contributed by atoms with Crippen LogP contribution in [-0.4, -0.2) is 14.8 Å². The van der Waals surface area contributed by atoms with E-state index >= 15 is 0 Å². The maximum absolute atomic E-state index is 13.2. The summed E-state index contributed by atoms with van der Waals surface area (Å²) in [6, 6.07) is 3.52. The van der Waals surface area contributed by atoms with E-state index in [1.807, 2.05) is 22.6 Å². The summed E-state index contributed by atoms with van der Waals surface area (Å²) in [7, 11) is 0. The number of pyridine rings is 1. The fourth-order valence-corrected chi connectivity index (χ4v) is 1.89. The molecule has 0 spiro atoms. The molecule has 0 saturated heterocycles. The lowest BCUT2D eigenvalue weighted by molar-refractivity contribution is -0.0248. The number of halogens is 2. The summed E-state index contributed by atoms with van der Waals surface area (Å²) < 4.78 is 25.2. The maximum atomic E-state index is 13.2. The Balaban J connectivity index is 1.86. The topological polar surface area (TPSA) is 49.2 Å². The van der Waals surface area contributed by atoms with E-state index in [4.69, 9.17) is 9.47 Å². The van der Waals surface area contributed by atoms with E-state index in [0.29, 0.717) is 9.52 Å². The molecule has 1 aliphatic rings. The SMILES string of the molecule is Fc1cn(-c2ccc(C3OC=CO3)cn2)nc1I. The molecule has 2 aromatic heterocycles. The Hall–Kier alpha value is -1.64. The van der Waals surface area contributed by atoms with E-state index in [1.54, 1.807) is 18.3 Å². The summed E-state index contributed by atoms with van der Waals surface area (Å²) in [5, 5.41) is 4.00. The molecule has 0 unspecified atom stereocenters. The van der Waals surface area contributed by atoms with Crippen molar-refractivity contribution in [1.82, 2.24) is 14.8 Å². The van der Waals surface area contributed by atoms with Gasteiger partial charge in [0.2, 0.25) is 0 Å².